The Kier molecular flexibility index (Phi) is 6.77. The number of fused-ring (bicyclic) bond motifs is 1. The topological polar surface area (TPSA) is 64.7 Å². The molecule has 0 aliphatic carbocycles. The molecule has 1 heterocycles. The molecule has 2 aromatic carbocycles. The lowest BCUT2D eigenvalue weighted by molar-refractivity contribution is -0.125. The van der Waals surface area contributed by atoms with Crippen LogP contribution in [0.2, 0.25) is 0 Å². The predicted octanol–water partition coefficient (Wildman–Crippen LogP) is 3.01. The number of benzene rings is 2. The molecule has 0 spiro atoms. The van der Waals surface area contributed by atoms with E-state index in [1.54, 1.807) is 0 Å². The highest BCUT2D eigenvalue weighted by Gasteiger charge is 2.24. The first kappa shape index (κ1) is 21.8. The third-order valence-corrected chi connectivity index (χ3v) is 5.67. The zero-order valence-corrected chi connectivity index (χ0v) is 18.6. The maximum Gasteiger partial charge on any atom is 0.243 e. The first-order valence-corrected chi connectivity index (χ1v) is 10.4. The summed E-state index contributed by atoms with van der Waals surface area (Å²) >= 11 is 0. The van der Waals surface area contributed by atoms with Crippen LogP contribution in [0.4, 0.5) is 11.4 Å². The quantitative estimate of drug-likeness (QED) is 0.798. The first-order valence-electron chi connectivity index (χ1n) is 10.4. The molecule has 2 N–H and O–H groups in total. The van der Waals surface area contributed by atoms with Gasteiger partial charge in [0.15, 0.2) is 0 Å². The minimum Gasteiger partial charge on any atom is -0.373 e. The van der Waals surface area contributed by atoms with Crippen molar-refractivity contribution in [1.29, 1.82) is 0 Å². The number of anilines is 2. The summed E-state index contributed by atoms with van der Waals surface area (Å²) in [5, 5.41) is 5.70. The number of nitrogens with zero attached hydrogens (tertiary/aromatic N) is 2. The van der Waals surface area contributed by atoms with Crippen molar-refractivity contribution in [2.75, 3.05) is 36.9 Å². The monoisotopic (exact) mass is 408 g/mol. The Morgan fingerprint density at radius 3 is 2.43 bits per heavy atom. The summed E-state index contributed by atoms with van der Waals surface area (Å²) in [5.74, 6) is -0.358. The van der Waals surface area contributed by atoms with Crippen LogP contribution in [0.25, 0.3) is 0 Å². The molecule has 1 atom stereocenters. The van der Waals surface area contributed by atoms with E-state index < -0.39 is 0 Å². The van der Waals surface area contributed by atoms with Crippen molar-refractivity contribution < 1.29 is 9.59 Å². The Morgan fingerprint density at radius 1 is 1.07 bits per heavy atom. The van der Waals surface area contributed by atoms with Gasteiger partial charge in [-0.2, -0.15) is 0 Å². The number of hydrogen-bond donors (Lipinski definition) is 2. The number of para-hydroxylation sites is 1. The van der Waals surface area contributed by atoms with Gasteiger partial charge in [0.05, 0.1) is 13.1 Å². The van der Waals surface area contributed by atoms with Crippen LogP contribution in [-0.4, -0.2) is 49.4 Å². The van der Waals surface area contributed by atoms with Crippen LogP contribution in [0.5, 0.6) is 0 Å². The van der Waals surface area contributed by atoms with Crippen molar-refractivity contribution in [3.63, 3.8) is 0 Å². The van der Waals surface area contributed by atoms with Gasteiger partial charge in [-0.05, 0) is 50.5 Å². The SMILES string of the molecule is Cc1cc(C)c(NC(=O)CNC(=O)CN2Cc3ccccc3N(C)C[C@H]2C)c(C)c1. The second-order valence-corrected chi connectivity index (χ2v) is 8.36. The van der Waals surface area contributed by atoms with Gasteiger partial charge >= 0.3 is 0 Å². The molecule has 2 aromatic rings. The van der Waals surface area contributed by atoms with Crippen LogP contribution >= 0.6 is 0 Å². The van der Waals surface area contributed by atoms with E-state index in [4.69, 9.17) is 0 Å². The van der Waals surface area contributed by atoms with Crippen LogP contribution in [-0.2, 0) is 16.1 Å². The molecule has 0 unspecified atom stereocenters. The molecule has 1 aliphatic rings. The molecule has 0 bridgehead atoms. The second-order valence-electron chi connectivity index (χ2n) is 8.36. The molecule has 0 fully saturated rings. The molecule has 0 aromatic heterocycles. The minimum atomic E-state index is -0.215. The fourth-order valence-corrected chi connectivity index (χ4v) is 4.19. The van der Waals surface area contributed by atoms with E-state index in [2.05, 4.69) is 46.5 Å². The third-order valence-electron chi connectivity index (χ3n) is 5.67. The molecular weight excluding hydrogens is 376 g/mol. The molecule has 6 heteroatoms. The zero-order valence-electron chi connectivity index (χ0n) is 18.6. The number of rotatable bonds is 5. The van der Waals surface area contributed by atoms with Crippen molar-refractivity contribution in [3.05, 3.63) is 58.7 Å². The van der Waals surface area contributed by atoms with Gasteiger partial charge in [-0.15, -0.1) is 0 Å². The molecule has 160 valence electrons. The number of carbonyl (C=O) groups excluding carboxylic acids is 2. The minimum absolute atomic E-state index is 0.0374. The fourth-order valence-electron chi connectivity index (χ4n) is 4.19. The van der Waals surface area contributed by atoms with E-state index in [1.807, 2.05) is 45.0 Å². The van der Waals surface area contributed by atoms with Gasteiger partial charge in [-0.3, -0.25) is 14.5 Å². The third kappa shape index (κ3) is 5.19. The number of likely N-dealkylation sites (N-methyl/N-ethyl adjacent to an activating group) is 1. The number of carbonyl (C=O) groups is 2. The molecule has 0 saturated heterocycles. The van der Waals surface area contributed by atoms with Crippen LogP contribution in [0.15, 0.2) is 36.4 Å². The van der Waals surface area contributed by atoms with Gasteiger partial charge < -0.3 is 15.5 Å². The molecule has 3 rings (SSSR count). The molecule has 0 radical (unpaired) electrons. The average Bonchev–Trinajstić information content (AvgIpc) is 2.79. The van der Waals surface area contributed by atoms with E-state index in [9.17, 15) is 9.59 Å². The molecule has 6 nitrogen and oxygen atoms in total. The van der Waals surface area contributed by atoms with Gasteiger partial charge in [0.1, 0.15) is 0 Å². The lowest BCUT2D eigenvalue weighted by Gasteiger charge is -2.27. The summed E-state index contributed by atoms with van der Waals surface area (Å²) < 4.78 is 0. The van der Waals surface area contributed by atoms with E-state index >= 15 is 0 Å². The summed E-state index contributed by atoms with van der Waals surface area (Å²) in [5.41, 5.74) is 6.44. The van der Waals surface area contributed by atoms with Crippen LogP contribution in [0, 0.1) is 20.8 Å². The van der Waals surface area contributed by atoms with Crippen LogP contribution in [0.3, 0.4) is 0 Å². The van der Waals surface area contributed by atoms with Crippen molar-refractivity contribution in [3.8, 4) is 0 Å². The highest BCUT2D eigenvalue weighted by Crippen LogP contribution is 2.25. The van der Waals surface area contributed by atoms with Crippen molar-refractivity contribution in [2.45, 2.75) is 40.3 Å². The number of nitrogens with one attached hydrogen (secondary N) is 2. The number of aryl methyl sites for hydroxylation is 3. The summed E-state index contributed by atoms with van der Waals surface area (Å²) in [4.78, 5) is 29.3. The van der Waals surface area contributed by atoms with Crippen LogP contribution < -0.4 is 15.5 Å². The van der Waals surface area contributed by atoms with Gasteiger partial charge in [-0.25, -0.2) is 0 Å². The molecule has 1 aliphatic heterocycles. The standard InChI is InChI=1S/C24H32N4O2/c1-16-10-17(2)24(18(3)11-16)26-22(29)12-25-23(30)15-28-14-20-8-6-7-9-21(20)27(5)13-19(28)4/h6-11,19H,12-15H2,1-5H3,(H,25,30)(H,26,29)/t19-/m1/s1. The molecule has 30 heavy (non-hydrogen) atoms. The van der Waals surface area contributed by atoms with E-state index in [-0.39, 0.29) is 30.9 Å². The molecule has 0 saturated carbocycles. The highest BCUT2D eigenvalue weighted by molar-refractivity contribution is 5.96. The Hall–Kier alpha value is -2.86. The smallest absolute Gasteiger partial charge is 0.243 e. The number of hydrogen-bond acceptors (Lipinski definition) is 4. The summed E-state index contributed by atoms with van der Waals surface area (Å²) in [6.07, 6.45) is 0. The Balaban J connectivity index is 1.56. The van der Waals surface area contributed by atoms with E-state index in [0.717, 1.165) is 28.9 Å². The molecule has 2 amide bonds. The van der Waals surface area contributed by atoms with Crippen LogP contribution in [0.1, 0.15) is 29.2 Å². The average molecular weight is 409 g/mol. The Bertz CT molecular complexity index is 918. The Labute approximate surface area is 179 Å². The number of amides is 2. The Morgan fingerprint density at radius 2 is 1.73 bits per heavy atom. The lowest BCUT2D eigenvalue weighted by atomic mass is 10.1. The maximum atomic E-state index is 12.6. The largest absolute Gasteiger partial charge is 0.373 e. The predicted molar refractivity (Wildman–Crippen MR) is 122 cm³/mol. The first-order chi connectivity index (χ1) is 14.2. The van der Waals surface area contributed by atoms with E-state index in [0.29, 0.717) is 6.54 Å². The second kappa shape index (κ2) is 9.30. The van der Waals surface area contributed by atoms with Crippen molar-refractivity contribution in [2.24, 2.45) is 0 Å². The lowest BCUT2D eigenvalue weighted by Crippen LogP contribution is -2.45. The maximum absolute atomic E-state index is 12.6. The van der Waals surface area contributed by atoms with Crippen molar-refractivity contribution in [1.82, 2.24) is 10.2 Å². The van der Waals surface area contributed by atoms with Gasteiger partial charge in [0.25, 0.3) is 0 Å². The van der Waals surface area contributed by atoms with Crippen molar-refractivity contribution >= 4 is 23.2 Å². The normalized spacial score (nSPS) is 16.6. The highest BCUT2D eigenvalue weighted by atomic mass is 16.2. The molecular formula is C24H32N4O2. The zero-order chi connectivity index (χ0) is 21.8. The summed E-state index contributed by atoms with van der Waals surface area (Å²) in [6.45, 7) is 9.90. The van der Waals surface area contributed by atoms with Gasteiger partial charge in [0, 0.05) is 37.6 Å². The fraction of sp³-hybridized carbons (Fsp3) is 0.417. The summed E-state index contributed by atoms with van der Waals surface area (Å²) in [6, 6.07) is 12.6. The summed E-state index contributed by atoms with van der Waals surface area (Å²) in [7, 11) is 2.08. The van der Waals surface area contributed by atoms with Gasteiger partial charge in [-0.1, -0.05) is 35.9 Å². The van der Waals surface area contributed by atoms with E-state index in [1.165, 1.54) is 11.3 Å². The van der Waals surface area contributed by atoms with Gasteiger partial charge in [0.2, 0.25) is 11.8 Å².